The fraction of sp³-hybridized carbons (Fsp3) is 0.200. The number of rotatable bonds is 5. The number of carbonyl (C=O) groups is 1. The van der Waals surface area contributed by atoms with Crippen LogP contribution in [0.5, 0.6) is 0 Å². The van der Waals surface area contributed by atoms with E-state index in [1.54, 1.807) is 12.1 Å². The maximum absolute atomic E-state index is 13.6. The minimum Gasteiger partial charge on any atom is -0.307 e. The van der Waals surface area contributed by atoms with E-state index in [-0.39, 0.29) is 11.8 Å². The summed E-state index contributed by atoms with van der Waals surface area (Å²) >= 11 is 0. The maximum Gasteiger partial charge on any atom is 0.323 e. The van der Waals surface area contributed by atoms with Crippen LogP contribution in [0.1, 0.15) is 24.6 Å². The molecule has 3 rings (SSSR count). The normalized spacial score (nSPS) is 10.6. The molecule has 0 aliphatic heterocycles. The third-order valence-electron chi connectivity index (χ3n) is 4.07. The largest absolute Gasteiger partial charge is 0.323 e. The number of nitrogens with one attached hydrogen (secondary N) is 3. The standard InChI is InChI=1S/C20H21FN4O/c1-3-7-17-19(18(25-24-17)14-9-6-10-15(21)12-14)23-20(26)22-16-11-5-4-8-13(16)2/h4-6,8-12H,3,7H2,1-2H3,(H,24,25)(H2,22,23,26). The first-order valence-electron chi connectivity index (χ1n) is 8.55. The molecule has 0 atom stereocenters. The van der Waals surface area contributed by atoms with Crippen LogP contribution in [-0.4, -0.2) is 16.2 Å². The summed E-state index contributed by atoms with van der Waals surface area (Å²) < 4.78 is 13.6. The SMILES string of the molecule is CCCc1[nH]nc(-c2cccc(F)c2)c1NC(=O)Nc1ccccc1C. The van der Waals surface area contributed by atoms with Crippen molar-refractivity contribution in [3.8, 4) is 11.3 Å². The second-order valence-electron chi connectivity index (χ2n) is 6.08. The number of aromatic amines is 1. The molecule has 0 aliphatic carbocycles. The Morgan fingerprint density at radius 3 is 2.69 bits per heavy atom. The number of aryl methyl sites for hydroxylation is 2. The van der Waals surface area contributed by atoms with E-state index in [9.17, 15) is 9.18 Å². The third kappa shape index (κ3) is 3.91. The Labute approximate surface area is 151 Å². The second kappa shape index (κ2) is 7.82. The van der Waals surface area contributed by atoms with Crippen molar-refractivity contribution >= 4 is 17.4 Å². The molecule has 0 unspecified atom stereocenters. The van der Waals surface area contributed by atoms with Gasteiger partial charge in [-0.05, 0) is 37.1 Å². The zero-order valence-corrected chi connectivity index (χ0v) is 14.8. The quantitative estimate of drug-likeness (QED) is 0.596. The van der Waals surface area contributed by atoms with Crippen molar-refractivity contribution in [2.75, 3.05) is 10.6 Å². The Morgan fingerprint density at radius 2 is 1.96 bits per heavy atom. The molecule has 0 saturated carbocycles. The lowest BCUT2D eigenvalue weighted by Crippen LogP contribution is -2.20. The van der Waals surface area contributed by atoms with E-state index < -0.39 is 0 Å². The van der Waals surface area contributed by atoms with Gasteiger partial charge in [0.05, 0.1) is 11.4 Å². The van der Waals surface area contributed by atoms with Crippen LogP contribution in [0.25, 0.3) is 11.3 Å². The molecule has 0 aliphatic rings. The first-order valence-corrected chi connectivity index (χ1v) is 8.55. The molecule has 134 valence electrons. The number of anilines is 2. The highest BCUT2D eigenvalue weighted by molar-refractivity contribution is 6.02. The van der Waals surface area contributed by atoms with Gasteiger partial charge >= 0.3 is 6.03 Å². The topological polar surface area (TPSA) is 69.8 Å². The van der Waals surface area contributed by atoms with Crippen molar-refractivity contribution in [2.45, 2.75) is 26.7 Å². The number of hydrogen-bond acceptors (Lipinski definition) is 2. The van der Waals surface area contributed by atoms with Crippen molar-refractivity contribution in [1.82, 2.24) is 10.2 Å². The molecule has 0 radical (unpaired) electrons. The summed E-state index contributed by atoms with van der Waals surface area (Å²) in [7, 11) is 0. The van der Waals surface area contributed by atoms with E-state index >= 15 is 0 Å². The van der Waals surface area contributed by atoms with Crippen LogP contribution >= 0.6 is 0 Å². The van der Waals surface area contributed by atoms with E-state index in [1.165, 1.54) is 12.1 Å². The Bertz CT molecular complexity index is 920. The van der Waals surface area contributed by atoms with Gasteiger partial charge in [0.25, 0.3) is 0 Å². The lowest BCUT2D eigenvalue weighted by molar-refractivity contribution is 0.262. The van der Waals surface area contributed by atoms with Gasteiger partial charge in [-0.2, -0.15) is 5.10 Å². The number of H-pyrrole nitrogens is 1. The van der Waals surface area contributed by atoms with Crippen molar-refractivity contribution in [1.29, 1.82) is 0 Å². The van der Waals surface area contributed by atoms with E-state index in [2.05, 4.69) is 20.8 Å². The fourth-order valence-electron chi connectivity index (χ4n) is 2.77. The number of aromatic nitrogens is 2. The van der Waals surface area contributed by atoms with E-state index in [1.807, 2.05) is 38.1 Å². The summed E-state index contributed by atoms with van der Waals surface area (Å²) in [6.07, 6.45) is 1.61. The van der Waals surface area contributed by atoms with Gasteiger partial charge < -0.3 is 10.6 Å². The van der Waals surface area contributed by atoms with E-state index in [4.69, 9.17) is 0 Å². The number of halogens is 1. The van der Waals surface area contributed by atoms with Crippen LogP contribution in [-0.2, 0) is 6.42 Å². The number of carbonyl (C=O) groups excluding carboxylic acids is 1. The van der Waals surface area contributed by atoms with Crippen LogP contribution in [0.4, 0.5) is 20.6 Å². The zero-order chi connectivity index (χ0) is 18.5. The van der Waals surface area contributed by atoms with E-state index in [0.29, 0.717) is 16.9 Å². The average Bonchev–Trinajstić information content (AvgIpc) is 3.00. The van der Waals surface area contributed by atoms with Gasteiger partial charge in [-0.15, -0.1) is 0 Å². The Morgan fingerprint density at radius 1 is 1.15 bits per heavy atom. The van der Waals surface area contributed by atoms with E-state index in [0.717, 1.165) is 29.8 Å². The molecule has 2 amide bonds. The molecule has 1 heterocycles. The van der Waals surface area contributed by atoms with Gasteiger partial charge in [-0.3, -0.25) is 5.10 Å². The lowest BCUT2D eigenvalue weighted by Gasteiger charge is -2.11. The van der Waals surface area contributed by atoms with Crippen molar-refractivity contribution in [2.24, 2.45) is 0 Å². The summed E-state index contributed by atoms with van der Waals surface area (Å²) in [5, 5.41) is 13.0. The minimum absolute atomic E-state index is 0.349. The monoisotopic (exact) mass is 352 g/mol. The van der Waals surface area contributed by atoms with Gasteiger partial charge in [0.2, 0.25) is 0 Å². The molecule has 1 aromatic heterocycles. The Kier molecular flexibility index (Phi) is 5.31. The molecule has 0 fully saturated rings. The van der Waals surface area contributed by atoms with Gasteiger partial charge in [0.1, 0.15) is 11.5 Å². The van der Waals surface area contributed by atoms with Gasteiger partial charge in [-0.25, -0.2) is 9.18 Å². The first kappa shape index (κ1) is 17.7. The highest BCUT2D eigenvalue weighted by Crippen LogP contribution is 2.30. The molecule has 6 heteroatoms. The average molecular weight is 352 g/mol. The fourth-order valence-corrected chi connectivity index (χ4v) is 2.77. The number of para-hydroxylation sites is 1. The maximum atomic E-state index is 13.6. The molecule has 2 aromatic carbocycles. The molecular formula is C20H21FN4O. The molecule has 26 heavy (non-hydrogen) atoms. The Balaban J connectivity index is 1.89. The smallest absolute Gasteiger partial charge is 0.307 e. The van der Waals surface area contributed by atoms with Crippen LogP contribution in [0, 0.1) is 12.7 Å². The Hall–Kier alpha value is -3.15. The highest BCUT2D eigenvalue weighted by atomic mass is 19.1. The predicted octanol–water partition coefficient (Wildman–Crippen LogP) is 5.12. The van der Waals surface area contributed by atoms with Crippen molar-refractivity contribution in [3.05, 3.63) is 65.6 Å². The molecule has 3 N–H and O–H groups in total. The van der Waals surface area contributed by atoms with Crippen LogP contribution < -0.4 is 10.6 Å². The van der Waals surface area contributed by atoms with Crippen LogP contribution in [0.2, 0.25) is 0 Å². The summed E-state index contributed by atoms with van der Waals surface area (Å²) in [6.45, 7) is 3.97. The molecule has 0 spiro atoms. The van der Waals surface area contributed by atoms with Gasteiger partial charge in [0.15, 0.2) is 0 Å². The molecule has 0 bridgehead atoms. The number of urea groups is 1. The van der Waals surface area contributed by atoms with Crippen molar-refractivity contribution < 1.29 is 9.18 Å². The van der Waals surface area contributed by atoms with Gasteiger partial charge in [-0.1, -0.05) is 43.7 Å². The number of nitrogens with zero attached hydrogens (tertiary/aromatic N) is 1. The highest BCUT2D eigenvalue weighted by Gasteiger charge is 2.17. The minimum atomic E-state index is -0.365. The zero-order valence-electron chi connectivity index (χ0n) is 14.8. The summed E-state index contributed by atoms with van der Waals surface area (Å²) in [6, 6.07) is 13.3. The molecular weight excluding hydrogens is 331 g/mol. The number of benzene rings is 2. The van der Waals surface area contributed by atoms with Crippen LogP contribution in [0.15, 0.2) is 48.5 Å². The van der Waals surface area contributed by atoms with Gasteiger partial charge in [0, 0.05) is 11.3 Å². The molecule has 5 nitrogen and oxygen atoms in total. The second-order valence-corrected chi connectivity index (χ2v) is 6.08. The third-order valence-corrected chi connectivity index (χ3v) is 4.07. The lowest BCUT2D eigenvalue weighted by atomic mass is 10.1. The summed E-state index contributed by atoms with van der Waals surface area (Å²) in [4.78, 5) is 12.5. The van der Waals surface area contributed by atoms with Crippen molar-refractivity contribution in [3.63, 3.8) is 0 Å². The number of hydrogen-bond donors (Lipinski definition) is 3. The summed E-state index contributed by atoms with van der Waals surface area (Å²) in [5.41, 5.74) is 4.21. The van der Waals surface area contributed by atoms with Crippen LogP contribution in [0.3, 0.4) is 0 Å². The predicted molar refractivity (Wildman–Crippen MR) is 102 cm³/mol. The molecule has 3 aromatic rings. The number of amides is 2. The first-order chi connectivity index (χ1) is 12.6. The summed E-state index contributed by atoms with van der Waals surface area (Å²) in [5.74, 6) is -0.349. The molecule has 0 saturated heterocycles.